The molecule has 6 heteroatoms. The lowest BCUT2D eigenvalue weighted by Gasteiger charge is -2.35. The maximum atomic E-state index is 13.5. The molecule has 0 spiro atoms. The summed E-state index contributed by atoms with van der Waals surface area (Å²) in [4.78, 5) is 18.9. The van der Waals surface area contributed by atoms with Crippen LogP contribution in [0.2, 0.25) is 0 Å². The highest BCUT2D eigenvalue weighted by atomic mass is 32.2. The monoisotopic (exact) mass is 351 g/mol. The van der Waals surface area contributed by atoms with Crippen molar-refractivity contribution < 1.29 is 18.0 Å². The Morgan fingerprint density at radius 3 is 2.46 bits per heavy atom. The van der Waals surface area contributed by atoms with Gasteiger partial charge in [-0.1, -0.05) is 25.0 Å². The molecule has 0 unspecified atom stereocenters. The fraction of sp³-hybridized carbons (Fsp3) is 0.611. The van der Waals surface area contributed by atoms with Crippen molar-refractivity contribution in [2.75, 3.05) is 13.2 Å². The van der Waals surface area contributed by atoms with Gasteiger partial charge < -0.3 is 0 Å². The minimum atomic E-state index is -3.77. The third-order valence-electron chi connectivity index (χ3n) is 5.18. The van der Waals surface area contributed by atoms with Gasteiger partial charge in [-0.15, -0.1) is 0 Å². The van der Waals surface area contributed by atoms with Crippen molar-refractivity contribution in [2.45, 2.75) is 62.0 Å². The lowest BCUT2D eigenvalue weighted by molar-refractivity contribution is -0.199. The van der Waals surface area contributed by atoms with Crippen LogP contribution in [-0.4, -0.2) is 37.3 Å². The normalized spacial score (nSPS) is 21.0. The fourth-order valence-corrected chi connectivity index (χ4v) is 6.15. The molecule has 0 N–H and O–H groups in total. The van der Waals surface area contributed by atoms with Gasteiger partial charge in [-0.2, -0.15) is 0 Å². The van der Waals surface area contributed by atoms with Crippen LogP contribution in [-0.2, 0) is 19.5 Å². The van der Waals surface area contributed by atoms with E-state index in [9.17, 15) is 13.2 Å². The Morgan fingerprint density at radius 2 is 1.83 bits per heavy atom. The molecule has 1 saturated carbocycles. The number of hydrogen-bond acceptors (Lipinski definition) is 4. The van der Waals surface area contributed by atoms with Crippen molar-refractivity contribution >= 4 is 15.7 Å². The highest BCUT2D eigenvalue weighted by Crippen LogP contribution is 2.43. The molecule has 0 bridgehead atoms. The summed E-state index contributed by atoms with van der Waals surface area (Å²) < 4.78 is 25.6. The van der Waals surface area contributed by atoms with Crippen molar-refractivity contribution in [3.05, 3.63) is 29.3 Å². The molecule has 1 aliphatic heterocycles. The van der Waals surface area contributed by atoms with Gasteiger partial charge >= 0.3 is 0 Å². The van der Waals surface area contributed by atoms with Crippen LogP contribution in [0.5, 0.6) is 0 Å². The highest BCUT2D eigenvalue weighted by Gasteiger charge is 2.55. The summed E-state index contributed by atoms with van der Waals surface area (Å²) in [7, 11) is -3.77. The van der Waals surface area contributed by atoms with E-state index in [0.29, 0.717) is 31.6 Å². The molecular formula is C18H25NO4S. The average molecular weight is 351 g/mol. The van der Waals surface area contributed by atoms with Gasteiger partial charge in [0.15, 0.2) is 14.6 Å². The first-order chi connectivity index (χ1) is 11.4. The molecule has 3 rings (SSSR count). The summed E-state index contributed by atoms with van der Waals surface area (Å²) in [5, 5.41) is 1.30. The quantitative estimate of drug-likeness (QED) is 0.840. The van der Waals surface area contributed by atoms with Crippen LogP contribution < -0.4 is 0 Å². The Morgan fingerprint density at radius 1 is 1.12 bits per heavy atom. The lowest BCUT2D eigenvalue weighted by atomic mass is 10.1. The van der Waals surface area contributed by atoms with Gasteiger partial charge in [-0.25, -0.2) is 13.5 Å². The highest BCUT2D eigenvalue weighted by molar-refractivity contribution is 7.93. The van der Waals surface area contributed by atoms with Crippen molar-refractivity contribution in [3.63, 3.8) is 0 Å². The molecular weight excluding hydrogens is 326 g/mol. The minimum Gasteiger partial charge on any atom is -0.271 e. The number of hydrogen-bond donors (Lipinski definition) is 0. The van der Waals surface area contributed by atoms with E-state index in [1.807, 2.05) is 19.1 Å². The molecule has 1 aromatic carbocycles. The average Bonchev–Trinajstić information content (AvgIpc) is 3.08. The number of amides is 1. The molecule has 0 aromatic heterocycles. The standard InChI is InChI=1S/C18H25NO4S/c1-14-7-8-15(2)16(13-14)24(21,22)18(9-3-4-10-18)17(20)19-11-5-6-12-23-19/h7-8,13H,3-6,9-12H2,1-2H3. The van der Waals surface area contributed by atoms with Crippen molar-refractivity contribution in [2.24, 2.45) is 0 Å². The molecule has 2 fully saturated rings. The van der Waals surface area contributed by atoms with Crippen LogP contribution in [0, 0.1) is 13.8 Å². The van der Waals surface area contributed by atoms with Gasteiger partial charge in [-0.05, 0) is 56.7 Å². The minimum absolute atomic E-state index is 0.287. The number of sulfone groups is 1. The van der Waals surface area contributed by atoms with Gasteiger partial charge in [0.1, 0.15) is 0 Å². The fourth-order valence-electron chi connectivity index (χ4n) is 3.74. The molecule has 1 saturated heterocycles. The van der Waals surface area contributed by atoms with Crippen LogP contribution in [0.15, 0.2) is 23.1 Å². The SMILES string of the molecule is Cc1ccc(C)c(S(=O)(=O)C2(C(=O)N3CCCCO3)CCCC2)c1. The number of carbonyl (C=O) groups excluding carboxylic acids is 1. The molecule has 1 heterocycles. The van der Waals surface area contributed by atoms with Crippen LogP contribution in [0.3, 0.4) is 0 Å². The van der Waals surface area contributed by atoms with Crippen LogP contribution in [0.4, 0.5) is 0 Å². The topological polar surface area (TPSA) is 63.7 Å². The van der Waals surface area contributed by atoms with E-state index < -0.39 is 14.6 Å². The maximum absolute atomic E-state index is 13.5. The van der Waals surface area contributed by atoms with E-state index in [4.69, 9.17) is 4.84 Å². The first-order valence-electron chi connectivity index (χ1n) is 8.65. The second-order valence-electron chi connectivity index (χ2n) is 6.92. The molecule has 1 aromatic rings. The molecule has 0 atom stereocenters. The van der Waals surface area contributed by atoms with E-state index in [1.165, 1.54) is 5.06 Å². The zero-order valence-corrected chi connectivity index (χ0v) is 15.2. The van der Waals surface area contributed by atoms with Gasteiger partial charge in [-0.3, -0.25) is 9.63 Å². The second-order valence-corrected chi connectivity index (χ2v) is 9.15. The molecule has 1 aliphatic carbocycles. The predicted molar refractivity (Wildman–Crippen MR) is 91.2 cm³/mol. The van der Waals surface area contributed by atoms with E-state index in [0.717, 1.165) is 31.2 Å². The van der Waals surface area contributed by atoms with Crippen molar-refractivity contribution in [1.82, 2.24) is 5.06 Å². The smallest absolute Gasteiger partial charge is 0.267 e. The molecule has 2 aliphatic rings. The summed E-state index contributed by atoms with van der Waals surface area (Å²) in [6.07, 6.45) is 4.02. The Kier molecular flexibility index (Phi) is 4.71. The van der Waals surface area contributed by atoms with E-state index >= 15 is 0 Å². The number of benzene rings is 1. The summed E-state index contributed by atoms with van der Waals surface area (Å²) >= 11 is 0. The first kappa shape index (κ1) is 17.4. The zero-order valence-electron chi connectivity index (χ0n) is 14.4. The van der Waals surface area contributed by atoms with Gasteiger partial charge in [0.2, 0.25) is 0 Å². The molecule has 1 amide bonds. The summed E-state index contributed by atoms with van der Waals surface area (Å²) in [6.45, 7) is 4.61. The van der Waals surface area contributed by atoms with Crippen LogP contribution >= 0.6 is 0 Å². The second kappa shape index (κ2) is 6.48. The van der Waals surface area contributed by atoms with Gasteiger partial charge in [0, 0.05) is 6.54 Å². The third kappa shape index (κ3) is 2.75. The summed E-state index contributed by atoms with van der Waals surface area (Å²) in [5.74, 6) is -0.374. The largest absolute Gasteiger partial charge is 0.271 e. The summed E-state index contributed by atoms with van der Waals surface area (Å²) in [6, 6.07) is 5.40. The third-order valence-corrected chi connectivity index (χ3v) is 7.81. The maximum Gasteiger partial charge on any atom is 0.267 e. The van der Waals surface area contributed by atoms with Crippen molar-refractivity contribution in [3.8, 4) is 0 Å². The van der Waals surface area contributed by atoms with Crippen LogP contribution in [0.25, 0.3) is 0 Å². The Balaban J connectivity index is 2.06. The number of hydroxylamine groups is 2. The zero-order chi connectivity index (χ0) is 17.4. The number of rotatable bonds is 3. The Labute approximate surface area is 143 Å². The predicted octanol–water partition coefficient (Wildman–Crippen LogP) is 2.94. The number of nitrogens with zero attached hydrogens (tertiary/aromatic N) is 1. The first-order valence-corrected chi connectivity index (χ1v) is 10.1. The molecule has 5 nitrogen and oxygen atoms in total. The number of aryl methyl sites for hydroxylation is 2. The Bertz CT molecular complexity index is 729. The van der Waals surface area contributed by atoms with E-state index in [-0.39, 0.29) is 10.8 Å². The van der Waals surface area contributed by atoms with Gasteiger partial charge in [0.05, 0.1) is 11.5 Å². The molecule has 0 radical (unpaired) electrons. The van der Waals surface area contributed by atoms with Crippen LogP contribution in [0.1, 0.15) is 49.7 Å². The number of carbonyl (C=O) groups is 1. The Hall–Kier alpha value is -1.40. The lowest BCUT2D eigenvalue weighted by Crippen LogP contribution is -2.53. The molecule has 132 valence electrons. The van der Waals surface area contributed by atoms with Crippen molar-refractivity contribution in [1.29, 1.82) is 0 Å². The van der Waals surface area contributed by atoms with E-state index in [2.05, 4.69) is 0 Å². The summed E-state index contributed by atoms with van der Waals surface area (Å²) in [5.41, 5.74) is 1.58. The molecule has 24 heavy (non-hydrogen) atoms. The van der Waals surface area contributed by atoms with Gasteiger partial charge in [0.25, 0.3) is 5.91 Å². The van der Waals surface area contributed by atoms with E-state index in [1.54, 1.807) is 13.0 Å².